The average Bonchev–Trinajstić information content (AvgIpc) is 3.10. The van der Waals surface area contributed by atoms with Crippen molar-refractivity contribution in [3.63, 3.8) is 0 Å². The van der Waals surface area contributed by atoms with Crippen LogP contribution in [0.15, 0.2) is 40.5 Å². The van der Waals surface area contributed by atoms with Crippen LogP contribution in [0.3, 0.4) is 0 Å². The molecular formula is C20H23N3O3S. The molecule has 1 aromatic carbocycles. The molecule has 2 heterocycles. The van der Waals surface area contributed by atoms with Crippen LogP contribution in [0.4, 0.5) is 0 Å². The number of aromatic nitrogens is 2. The molecule has 0 unspecified atom stereocenters. The Bertz CT molecular complexity index is 976. The van der Waals surface area contributed by atoms with Gasteiger partial charge in [-0.3, -0.25) is 9.59 Å². The molecule has 27 heavy (non-hydrogen) atoms. The standard InChI is InChI=1S/C20H23N3O3S/c1-13(2)8-10-26-15-6-4-14(5-7-15)20(25)23(3)12-17-21-16-9-11-27-18(16)19(24)22-17/h4-7,9,11,13H,8,10,12H2,1-3H3,(H,21,22,24). The van der Waals surface area contributed by atoms with Crippen LogP contribution < -0.4 is 10.3 Å². The molecule has 1 N–H and O–H groups in total. The third-order valence-corrected chi connectivity index (χ3v) is 5.07. The zero-order valence-electron chi connectivity index (χ0n) is 15.7. The van der Waals surface area contributed by atoms with Gasteiger partial charge < -0.3 is 14.6 Å². The van der Waals surface area contributed by atoms with Gasteiger partial charge in [0, 0.05) is 12.6 Å². The molecule has 0 saturated heterocycles. The Labute approximate surface area is 161 Å². The molecule has 0 aliphatic rings. The second-order valence-corrected chi connectivity index (χ2v) is 7.78. The molecule has 0 atom stereocenters. The largest absolute Gasteiger partial charge is 0.494 e. The lowest BCUT2D eigenvalue weighted by Crippen LogP contribution is -2.28. The van der Waals surface area contributed by atoms with Crippen LogP contribution >= 0.6 is 11.3 Å². The molecule has 2 aromatic heterocycles. The molecule has 0 spiro atoms. The van der Waals surface area contributed by atoms with Crippen molar-refractivity contribution in [2.45, 2.75) is 26.8 Å². The highest BCUT2D eigenvalue weighted by Gasteiger charge is 2.14. The van der Waals surface area contributed by atoms with E-state index < -0.39 is 0 Å². The van der Waals surface area contributed by atoms with E-state index in [1.165, 1.54) is 16.2 Å². The monoisotopic (exact) mass is 385 g/mol. The van der Waals surface area contributed by atoms with E-state index >= 15 is 0 Å². The number of thiophene rings is 1. The number of amides is 1. The van der Waals surface area contributed by atoms with Crippen LogP contribution in [0.5, 0.6) is 5.75 Å². The van der Waals surface area contributed by atoms with Crippen LogP contribution in [0, 0.1) is 5.92 Å². The lowest BCUT2D eigenvalue weighted by atomic mass is 10.1. The molecule has 142 valence electrons. The molecule has 0 aliphatic heterocycles. The van der Waals surface area contributed by atoms with E-state index in [1.54, 1.807) is 37.4 Å². The normalized spacial score (nSPS) is 11.1. The SMILES string of the molecule is CC(C)CCOc1ccc(C(=O)N(C)Cc2nc3ccsc3c(=O)[nH]2)cc1. The van der Waals surface area contributed by atoms with Gasteiger partial charge in [-0.05, 0) is 48.1 Å². The minimum atomic E-state index is -0.172. The lowest BCUT2D eigenvalue weighted by molar-refractivity contribution is 0.0781. The fourth-order valence-corrected chi connectivity index (χ4v) is 3.35. The summed E-state index contributed by atoms with van der Waals surface area (Å²) in [6.45, 7) is 5.19. The number of rotatable bonds is 7. The Kier molecular flexibility index (Phi) is 5.91. The summed E-state index contributed by atoms with van der Waals surface area (Å²) in [6.07, 6.45) is 0.989. The Morgan fingerprint density at radius 1 is 1.26 bits per heavy atom. The van der Waals surface area contributed by atoms with Gasteiger partial charge in [0.2, 0.25) is 0 Å². The van der Waals surface area contributed by atoms with E-state index in [2.05, 4.69) is 23.8 Å². The fraction of sp³-hybridized carbons (Fsp3) is 0.350. The number of hydrogen-bond acceptors (Lipinski definition) is 5. The fourth-order valence-electron chi connectivity index (χ4n) is 2.62. The predicted octanol–water partition coefficient (Wildman–Crippen LogP) is 3.68. The molecular weight excluding hydrogens is 362 g/mol. The first-order valence-electron chi connectivity index (χ1n) is 8.89. The maximum atomic E-state index is 12.6. The summed E-state index contributed by atoms with van der Waals surface area (Å²) in [5.41, 5.74) is 1.05. The molecule has 3 aromatic rings. The molecule has 7 heteroatoms. The van der Waals surface area contributed by atoms with Gasteiger partial charge in [-0.1, -0.05) is 13.8 Å². The number of hydrogen-bond donors (Lipinski definition) is 1. The average molecular weight is 385 g/mol. The summed E-state index contributed by atoms with van der Waals surface area (Å²) in [6, 6.07) is 8.92. The first-order valence-corrected chi connectivity index (χ1v) is 9.76. The number of nitrogens with zero attached hydrogens (tertiary/aromatic N) is 2. The van der Waals surface area contributed by atoms with Crippen molar-refractivity contribution in [3.8, 4) is 5.75 Å². The molecule has 1 amide bonds. The van der Waals surface area contributed by atoms with Crippen molar-refractivity contribution in [2.24, 2.45) is 5.92 Å². The molecule has 0 radical (unpaired) electrons. The predicted molar refractivity (Wildman–Crippen MR) is 107 cm³/mol. The number of benzene rings is 1. The third-order valence-electron chi connectivity index (χ3n) is 4.16. The number of H-pyrrole nitrogens is 1. The van der Waals surface area contributed by atoms with Gasteiger partial charge in [0.05, 0.1) is 18.7 Å². The number of carbonyl (C=O) groups is 1. The molecule has 0 aliphatic carbocycles. The minimum absolute atomic E-state index is 0.142. The summed E-state index contributed by atoms with van der Waals surface area (Å²) in [5, 5.41) is 1.83. The zero-order chi connectivity index (χ0) is 19.4. The Morgan fingerprint density at radius 3 is 2.70 bits per heavy atom. The number of fused-ring (bicyclic) bond motifs is 1. The highest BCUT2D eigenvalue weighted by atomic mass is 32.1. The quantitative estimate of drug-likeness (QED) is 0.673. The molecule has 0 bridgehead atoms. The summed E-state index contributed by atoms with van der Waals surface area (Å²) >= 11 is 1.35. The molecule has 3 rings (SSSR count). The van der Waals surface area contributed by atoms with Crippen LogP contribution in [0.2, 0.25) is 0 Å². The second-order valence-electron chi connectivity index (χ2n) is 6.86. The number of nitrogens with one attached hydrogen (secondary N) is 1. The van der Waals surface area contributed by atoms with Gasteiger partial charge in [-0.25, -0.2) is 4.98 Å². The number of ether oxygens (including phenoxy) is 1. The molecule has 6 nitrogen and oxygen atoms in total. The smallest absolute Gasteiger partial charge is 0.268 e. The molecule has 0 fully saturated rings. The highest BCUT2D eigenvalue weighted by Crippen LogP contribution is 2.16. The highest BCUT2D eigenvalue weighted by molar-refractivity contribution is 7.17. The summed E-state index contributed by atoms with van der Waals surface area (Å²) in [7, 11) is 1.69. The van der Waals surface area contributed by atoms with E-state index in [4.69, 9.17) is 4.74 Å². The topological polar surface area (TPSA) is 75.3 Å². The van der Waals surface area contributed by atoms with Crippen LogP contribution in [-0.4, -0.2) is 34.4 Å². The number of carbonyl (C=O) groups excluding carboxylic acids is 1. The van der Waals surface area contributed by atoms with Crippen molar-refractivity contribution < 1.29 is 9.53 Å². The third kappa shape index (κ3) is 4.74. The van der Waals surface area contributed by atoms with Crippen LogP contribution in [0.1, 0.15) is 36.5 Å². The van der Waals surface area contributed by atoms with E-state index in [0.717, 1.165) is 12.2 Å². The number of aromatic amines is 1. The second kappa shape index (κ2) is 8.35. The first-order chi connectivity index (χ1) is 12.9. The summed E-state index contributed by atoms with van der Waals surface area (Å²) < 4.78 is 6.28. The van der Waals surface area contributed by atoms with Gasteiger partial charge in [-0.15, -0.1) is 11.3 Å². The first kappa shape index (κ1) is 19.1. The zero-order valence-corrected chi connectivity index (χ0v) is 16.5. The van der Waals surface area contributed by atoms with Crippen molar-refractivity contribution in [2.75, 3.05) is 13.7 Å². The maximum absolute atomic E-state index is 12.6. The Balaban J connectivity index is 1.64. The maximum Gasteiger partial charge on any atom is 0.268 e. The van der Waals surface area contributed by atoms with Gasteiger partial charge >= 0.3 is 0 Å². The van der Waals surface area contributed by atoms with E-state index in [0.29, 0.717) is 34.1 Å². The Hall–Kier alpha value is -2.67. The van der Waals surface area contributed by atoms with Crippen LogP contribution in [-0.2, 0) is 6.54 Å². The van der Waals surface area contributed by atoms with Gasteiger partial charge in [0.1, 0.15) is 16.3 Å². The summed E-state index contributed by atoms with van der Waals surface area (Å²) in [5.74, 6) is 1.67. The van der Waals surface area contributed by atoms with Gasteiger partial charge in [0.15, 0.2) is 0 Å². The Morgan fingerprint density at radius 2 is 2.00 bits per heavy atom. The lowest BCUT2D eigenvalue weighted by Gasteiger charge is -2.17. The molecule has 0 saturated carbocycles. The van der Waals surface area contributed by atoms with Crippen molar-refractivity contribution in [1.29, 1.82) is 0 Å². The van der Waals surface area contributed by atoms with E-state index in [9.17, 15) is 9.59 Å². The minimum Gasteiger partial charge on any atom is -0.494 e. The van der Waals surface area contributed by atoms with Crippen molar-refractivity contribution >= 4 is 27.5 Å². The summed E-state index contributed by atoms with van der Waals surface area (Å²) in [4.78, 5) is 33.4. The van der Waals surface area contributed by atoms with Gasteiger partial charge in [0.25, 0.3) is 11.5 Å². The van der Waals surface area contributed by atoms with E-state index in [1.807, 2.05) is 5.38 Å². The van der Waals surface area contributed by atoms with Gasteiger partial charge in [-0.2, -0.15) is 0 Å². The van der Waals surface area contributed by atoms with Crippen molar-refractivity contribution in [3.05, 3.63) is 57.5 Å². The van der Waals surface area contributed by atoms with Crippen molar-refractivity contribution in [1.82, 2.24) is 14.9 Å². The van der Waals surface area contributed by atoms with E-state index in [-0.39, 0.29) is 18.0 Å². The van der Waals surface area contributed by atoms with Crippen LogP contribution in [0.25, 0.3) is 10.2 Å².